The molecule has 1 rings (SSSR count). The molecule has 6 nitrogen and oxygen atoms in total. The summed E-state index contributed by atoms with van der Waals surface area (Å²) >= 11 is 0. The van der Waals surface area contributed by atoms with Crippen LogP contribution < -0.4 is 15.4 Å². The third-order valence-corrected chi connectivity index (χ3v) is 3.93. The monoisotopic (exact) mass is 345 g/mol. The van der Waals surface area contributed by atoms with Crippen molar-refractivity contribution in [3.8, 4) is 5.75 Å². The number of halogens is 1. The second kappa shape index (κ2) is 9.34. The van der Waals surface area contributed by atoms with Crippen LogP contribution in [0.3, 0.4) is 0 Å². The fourth-order valence-corrected chi connectivity index (χ4v) is 2.49. The van der Waals surface area contributed by atoms with Crippen molar-refractivity contribution in [1.82, 2.24) is 10.6 Å². The van der Waals surface area contributed by atoms with E-state index in [-0.39, 0.29) is 17.7 Å². The summed E-state index contributed by atoms with van der Waals surface area (Å²) in [4.78, 5) is 4.04. The Hall–Kier alpha value is -1.83. The number of benzene rings is 1. The van der Waals surface area contributed by atoms with Crippen molar-refractivity contribution in [3.05, 3.63) is 30.1 Å². The van der Waals surface area contributed by atoms with Crippen LogP contribution in [0.5, 0.6) is 5.75 Å². The van der Waals surface area contributed by atoms with Gasteiger partial charge in [-0.15, -0.1) is 0 Å². The topological polar surface area (TPSA) is 79.8 Å². The lowest BCUT2D eigenvalue weighted by molar-refractivity contribution is 0.223. The minimum Gasteiger partial charge on any atom is -0.489 e. The Morgan fingerprint density at radius 3 is 2.74 bits per heavy atom. The minimum atomic E-state index is -2.94. The van der Waals surface area contributed by atoms with Crippen LogP contribution in [-0.2, 0) is 9.84 Å². The van der Waals surface area contributed by atoms with Crippen LogP contribution in [0.2, 0.25) is 0 Å². The highest BCUT2D eigenvalue weighted by atomic mass is 32.2. The lowest BCUT2D eigenvalue weighted by atomic mass is 10.3. The van der Waals surface area contributed by atoms with E-state index < -0.39 is 9.84 Å². The summed E-state index contributed by atoms with van der Waals surface area (Å²) < 4.78 is 40.8. The first-order chi connectivity index (χ1) is 10.8. The van der Waals surface area contributed by atoms with Crippen LogP contribution in [0.25, 0.3) is 0 Å². The number of nitrogens with one attached hydrogen (secondary N) is 2. The fourth-order valence-electron chi connectivity index (χ4n) is 1.82. The second-order valence-electron chi connectivity index (χ2n) is 5.25. The molecule has 1 aromatic rings. The molecule has 0 aliphatic heterocycles. The van der Waals surface area contributed by atoms with Crippen molar-refractivity contribution >= 4 is 15.8 Å². The first kappa shape index (κ1) is 19.2. The van der Waals surface area contributed by atoms with E-state index >= 15 is 0 Å². The zero-order valence-corrected chi connectivity index (χ0v) is 14.5. The van der Waals surface area contributed by atoms with Crippen LogP contribution in [0.1, 0.15) is 13.3 Å². The molecule has 0 aliphatic rings. The predicted octanol–water partition coefficient (Wildman–Crippen LogP) is 1.19. The van der Waals surface area contributed by atoms with Crippen molar-refractivity contribution in [1.29, 1.82) is 0 Å². The van der Waals surface area contributed by atoms with Gasteiger partial charge in [0.05, 0.1) is 12.3 Å². The molecular weight excluding hydrogens is 321 g/mol. The second-order valence-corrected chi connectivity index (χ2v) is 7.51. The van der Waals surface area contributed by atoms with E-state index in [9.17, 15) is 12.8 Å². The minimum absolute atomic E-state index is 0.135. The Labute approximate surface area is 137 Å². The van der Waals surface area contributed by atoms with Crippen LogP contribution in [0.4, 0.5) is 4.39 Å². The van der Waals surface area contributed by atoms with Crippen molar-refractivity contribution in [2.24, 2.45) is 4.99 Å². The Balaban J connectivity index is 2.31. The molecule has 130 valence electrons. The maximum absolute atomic E-state index is 13.1. The van der Waals surface area contributed by atoms with Gasteiger partial charge in [0.2, 0.25) is 0 Å². The van der Waals surface area contributed by atoms with Crippen molar-refractivity contribution in [2.45, 2.75) is 19.4 Å². The molecule has 0 bridgehead atoms. The number of sulfone groups is 1. The highest BCUT2D eigenvalue weighted by Gasteiger charge is 2.07. The van der Waals surface area contributed by atoms with Gasteiger partial charge >= 0.3 is 0 Å². The number of guanidine groups is 1. The molecule has 0 amide bonds. The fraction of sp³-hybridized carbons (Fsp3) is 0.533. The van der Waals surface area contributed by atoms with Gasteiger partial charge in [0.15, 0.2) is 5.96 Å². The van der Waals surface area contributed by atoms with Crippen molar-refractivity contribution in [2.75, 3.05) is 32.1 Å². The predicted molar refractivity (Wildman–Crippen MR) is 90.2 cm³/mol. The number of rotatable bonds is 8. The van der Waals surface area contributed by atoms with E-state index in [1.54, 1.807) is 19.2 Å². The Morgan fingerprint density at radius 2 is 2.13 bits per heavy atom. The van der Waals surface area contributed by atoms with Gasteiger partial charge in [0.1, 0.15) is 27.5 Å². The maximum Gasteiger partial charge on any atom is 0.191 e. The molecule has 0 aromatic heterocycles. The molecule has 2 N–H and O–H groups in total. The van der Waals surface area contributed by atoms with Gasteiger partial charge < -0.3 is 15.4 Å². The highest BCUT2D eigenvalue weighted by molar-refractivity contribution is 7.90. The van der Waals surface area contributed by atoms with Gasteiger partial charge in [-0.05, 0) is 25.5 Å². The molecule has 0 heterocycles. The molecule has 1 aromatic carbocycles. The molecule has 8 heteroatoms. The number of nitrogens with zero attached hydrogens (tertiary/aromatic N) is 1. The molecule has 0 saturated heterocycles. The van der Waals surface area contributed by atoms with E-state index in [2.05, 4.69) is 15.6 Å². The van der Waals surface area contributed by atoms with Gasteiger partial charge in [-0.2, -0.15) is 0 Å². The van der Waals surface area contributed by atoms with Crippen LogP contribution in [0, 0.1) is 5.82 Å². The lowest BCUT2D eigenvalue weighted by Gasteiger charge is -2.17. The Bertz CT molecular complexity index is 620. The average Bonchev–Trinajstić information content (AvgIpc) is 2.45. The summed E-state index contributed by atoms with van der Waals surface area (Å²) in [6, 6.07) is 5.97. The number of hydrogen-bond acceptors (Lipinski definition) is 4. The first-order valence-electron chi connectivity index (χ1n) is 7.34. The Kier molecular flexibility index (Phi) is 7.80. The first-order valence-corrected chi connectivity index (χ1v) is 9.40. The molecule has 1 unspecified atom stereocenters. The lowest BCUT2D eigenvalue weighted by Crippen LogP contribution is -2.42. The summed E-state index contributed by atoms with van der Waals surface area (Å²) in [5.41, 5.74) is 0. The van der Waals surface area contributed by atoms with E-state index in [0.717, 1.165) is 0 Å². The van der Waals surface area contributed by atoms with Crippen LogP contribution in [0.15, 0.2) is 29.3 Å². The molecule has 1 atom stereocenters. The van der Waals surface area contributed by atoms with Crippen LogP contribution >= 0.6 is 0 Å². The summed E-state index contributed by atoms with van der Waals surface area (Å²) in [6.07, 6.45) is 1.53. The number of ether oxygens (including phenoxy) is 1. The summed E-state index contributed by atoms with van der Waals surface area (Å²) in [6.45, 7) is 2.84. The Morgan fingerprint density at radius 1 is 1.39 bits per heavy atom. The van der Waals surface area contributed by atoms with Gasteiger partial charge in [-0.3, -0.25) is 4.99 Å². The highest BCUT2D eigenvalue weighted by Crippen LogP contribution is 2.13. The van der Waals surface area contributed by atoms with Crippen LogP contribution in [-0.4, -0.2) is 52.6 Å². The summed E-state index contributed by atoms with van der Waals surface area (Å²) in [5, 5.41) is 6.10. The number of hydrogen-bond donors (Lipinski definition) is 2. The van der Waals surface area contributed by atoms with Gasteiger partial charge in [0, 0.05) is 25.9 Å². The van der Waals surface area contributed by atoms with E-state index in [0.29, 0.717) is 31.2 Å². The SMILES string of the molecule is CN=C(NCCCS(C)(=O)=O)NCC(C)Oc1cccc(F)c1. The van der Waals surface area contributed by atoms with E-state index in [1.807, 2.05) is 6.92 Å². The molecule has 0 radical (unpaired) electrons. The molecule has 23 heavy (non-hydrogen) atoms. The van der Waals surface area contributed by atoms with E-state index in [1.165, 1.54) is 18.4 Å². The normalized spacial score (nSPS) is 13.5. The molecule has 0 spiro atoms. The summed E-state index contributed by atoms with van der Waals surface area (Å²) in [5.74, 6) is 0.824. The standard InChI is InChI=1S/C15H24FN3O3S/c1-12(22-14-7-4-6-13(16)10-14)11-19-15(17-2)18-8-5-9-23(3,20)21/h4,6-7,10,12H,5,8-9,11H2,1-3H3,(H2,17,18,19). The van der Waals surface area contributed by atoms with E-state index in [4.69, 9.17) is 4.74 Å². The molecule has 0 aliphatic carbocycles. The molecule has 0 fully saturated rings. The zero-order chi connectivity index (χ0) is 17.3. The van der Waals surface area contributed by atoms with Gasteiger partial charge in [0.25, 0.3) is 0 Å². The quantitative estimate of drug-likeness (QED) is 0.420. The number of aliphatic imine (C=N–C) groups is 1. The van der Waals surface area contributed by atoms with Crippen molar-refractivity contribution in [3.63, 3.8) is 0 Å². The summed E-state index contributed by atoms with van der Waals surface area (Å²) in [7, 11) is -1.31. The average molecular weight is 345 g/mol. The van der Waals surface area contributed by atoms with Gasteiger partial charge in [-0.25, -0.2) is 12.8 Å². The largest absolute Gasteiger partial charge is 0.489 e. The molecule has 0 saturated carbocycles. The third kappa shape index (κ3) is 9.02. The van der Waals surface area contributed by atoms with Gasteiger partial charge in [-0.1, -0.05) is 6.07 Å². The van der Waals surface area contributed by atoms with Crippen molar-refractivity contribution < 1.29 is 17.5 Å². The zero-order valence-electron chi connectivity index (χ0n) is 13.7. The molecular formula is C15H24FN3O3S. The smallest absolute Gasteiger partial charge is 0.191 e. The maximum atomic E-state index is 13.1. The third-order valence-electron chi connectivity index (χ3n) is 2.90.